The summed E-state index contributed by atoms with van der Waals surface area (Å²) in [6.45, 7) is 16.7. The van der Waals surface area contributed by atoms with Gasteiger partial charge in [-0.25, -0.2) is 4.79 Å². The minimum atomic E-state index is -2.23. The van der Waals surface area contributed by atoms with Crippen molar-refractivity contribution in [3.05, 3.63) is 84.4 Å². The molecular formula is C27H38O4Si. The van der Waals surface area contributed by atoms with Crippen molar-refractivity contribution in [1.29, 1.82) is 0 Å². The molecule has 2 aromatic carbocycles. The Labute approximate surface area is 194 Å². The molecule has 0 bridgehead atoms. The molecule has 1 N–H and O–H groups in total. The maximum atomic E-state index is 12.8. The zero-order valence-corrected chi connectivity index (χ0v) is 21.2. The molecule has 0 aliphatic rings. The van der Waals surface area contributed by atoms with Gasteiger partial charge in [0.25, 0.3) is 0 Å². The molecule has 32 heavy (non-hydrogen) atoms. The second-order valence-corrected chi connectivity index (χ2v) is 14.6. The highest BCUT2D eigenvalue weighted by Gasteiger charge is 2.44. The first kappa shape index (κ1) is 26.0. The van der Waals surface area contributed by atoms with E-state index in [1.165, 1.54) is 0 Å². The SMILES string of the molecule is C=CC[C@H](OC(=O)c1ccccc1)[C@H](C)[C@@H](O[Si](C)(C)C(C)(C)C)[C@H](O)c1ccccc1. The highest BCUT2D eigenvalue weighted by Crippen LogP contribution is 2.41. The molecule has 0 saturated heterocycles. The van der Waals surface area contributed by atoms with Gasteiger partial charge in [0.1, 0.15) is 12.2 Å². The topological polar surface area (TPSA) is 55.8 Å². The maximum absolute atomic E-state index is 12.8. The number of carbonyl (C=O) groups is 1. The number of hydrogen-bond donors (Lipinski definition) is 1. The lowest BCUT2D eigenvalue weighted by Gasteiger charge is -2.43. The van der Waals surface area contributed by atoms with E-state index in [1.807, 2.05) is 55.5 Å². The molecule has 5 heteroatoms. The van der Waals surface area contributed by atoms with Crippen LogP contribution >= 0.6 is 0 Å². The zero-order chi connectivity index (χ0) is 23.9. The van der Waals surface area contributed by atoms with Crippen LogP contribution in [0.4, 0.5) is 0 Å². The Morgan fingerprint density at radius 2 is 1.59 bits per heavy atom. The van der Waals surface area contributed by atoms with Crippen molar-refractivity contribution < 1.29 is 19.1 Å². The van der Waals surface area contributed by atoms with Crippen LogP contribution in [-0.4, -0.2) is 31.6 Å². The number of hydrogen-bond acceptors (Lipinski definition) is 4. The zero-order valence-electron chi connectivity index (χ0n) is 20.2. The Bertz CT molecular complexity index is 858. The Morgan fingerprint density at radius 1 is 1.06 bits per heavy atom. The van der Waals surface area contributed by atoms with Gasteiger partial charge in [-0.2, -0.15) is 0 Å². The second-order valence-electron chi connectivity index (χ2n) is 9.89. The van der Waals surface area contributed by atoms with Crippen LogP contribution in [0, 0.1) is 5.92 Å². The van der Waals surface area contributed by atoms with Gasteiger partial charge in [-0.3, -0.25) is 0 Å². The number of ether oxygens (including phenoxy) is 1. The van der Waals surface area contributed by atoms with Crippen molar-refractivity contribution in [1.82, 2.24) is 0 Å². The molecule has 174 valence electrons. The lowest BCUT2D eigenvalue weighted by molar-refractivity contribution is -0.0538. The van der Waals surface area contributed by atoms with Gasteiger partial charge in [-0.15, -0.1) is 6.58 Å². The van der Waals surface area contributed by atoms with Gasteiger partial charge in [0.15, 0.2) is 8.32 Å². The lowest BCUT2D eigenvalue weighted by Crippen LogP contribution is -2.49. The molecule has 4 nitrogen and oxygen atoms in total. The summed E-state index contributed by atoms with van der Waals surface area (Å²) in [6, 6.07) is 18.5. The number of aliphatic hydroxyl groups is 1. The fourth-order valence-corrected chi connectivity index (χ4v) is 4.72. The van der Waals surface area contributed by atoms with Crippen LogP contribution in [-0.2, 0) is 9.16 Å². The molecule has 0 fully saturated rings. The monoisotopic (exact) mass is 454 g/mol. The van der Waals surface area contributed by atoms with Crippen molar-refractivity contribution in [2.45, 2.75) is 70.6 Å². The van der Waals surface area contributed by atoms with Gasteiger partial charge < -0.3 is 14.3 Å². The van der Waals surface area contributed by atoms with Gasteiger partial charge in [-0.1, -0.05) is 82.3 Å². The lowest BCUT2D eigenvalue weighted by atomic mass is 9.89. The van der Waals surface area contributed by atoms with Gasteiger partial charge in [0.2, 0.25) is 0 Å². The average molecular weight is 455 g/mol. The number of rotatable bonds is 10. The maximum Gasteiger partial charge on any atom is 0.338 e. The van der Waals surface area contributed by atoms with Crippen molar-refractivity contribution in [3.8, 4) is 0 Å². The normalized spacial score (nSPS) is 16.0. The third-order valence-corrected chi connectivity index (χ3v) is 10.9. The summed E-state index contributed by atoms with van der Waals surface area (Å²) in [5.74, 6) is -0.644. The summed E-state index contributed by atoms with van der Waals surface area (Å²) in [5.41, 5.74) is 1.29. The van der Waals surface area contributed by atoms with Crippen molar-refractivity contribution >= 4 is 14.3 Å². The molecule has 2 rings (SSSR count). The minimum Gasteiger partial charge on any atom is -0.458 e. The first-order valence-corrected chi connectivity index (χ1v) is 14.2. The highest BCUT2D eigenvalue weighted by atomic mass is 28.4. The summed E-state index contributed by atoms with van der Waals surface area (Å²) in [5, 5.41) is 11.3. The third kappa shape index (κ3) is 6.64. The average Bonchev–Trinajstić information content (AvgIpc) is 2.76. The Balaban J connectivity index is 2.37. The van der Waals surface area contributed by atoms with Crippen LogP contribution < -0.4 is 0 Å². The highest BCUT2D eigenvalue weighted by molar-refractivity contribution is 6.74. The molecular weight excluding hydrogens is 416 g/mol. The van der Waals surface area contributed by atoms with Crippen molar-refractivity contribution in [3.63, 3.8) is 0 Å². The number of benzene rings is 2. The quantitative estimate of drug-likeness (QED) is 0.251. The van der Waals surface area contributed by atoms with E-state index in [0.717, 1.165) is 5.56 Å². The summed E-state index contributed by atoms with van der Waals surface area (Å²) >= 11 is 0. The van der Waals surface area contributed by atoms with E-state index >= 15 is 0 Å². The number of esters is 1. The third-order valence-electron chi connectivity index (χ3n) is 6.46. The molecule has 0 aromatic heterocycles. The van der Waals surface area contributed by atoms with E-state index in [0.29, 0.717) is 12.0 Å². The number of aliphatic hydroxyl groups excluding tert-OH is 1. The molecule has 4 atom stereocenters. The molecule has 2 aromatic rings. The fraction of sp³-hybridized carbons (Fsp3) is 0.444. The Hall–Kier alpha value is -2.21. The first-order valence-electron chi connectivity index (χ1n) is 11.3. The predicted molar refractivity (Wildman–Crippen MR) is 133 cm³/mol. The van der Waals surface area contributed by atoms with Crippen LogP contribution in [0.5, 0.6) is 0 Å². The van der Waals surface area contributed by atoms with E-state index in [-0.39, 0.29) is 16.9 Å². The van der Waals surface area contributed by atoms with E-state index < -0.39 is 26.6 Å². The van der Waals surface area contributed by atoms with Crippen LogP contribution in [0.15, 0.2) is 73.3 Å². The summed E-state index contributed by atoms with van der Waals surface area (Å²) in [6.07, 6.45) is 0.360. The predicted octanol–water partition coefficient (Wildman–Crippen LogP) is 6.55. The van der Waals surface area contributed by atoms with Crippen LogP contribution in [0.25, 0.3) is 0 Å². The van der Waals surface area contributed by atoms with Gasteiger partial charge >= 0.3 is 5.97 Å². The summed E-state index contributed by atoms with van der Waals surface area (Å²) in [7, 11) is -2.23. The molecule has 0 aliphatic carbocycles. The van der Waals surface area contributed by atoms with Crippen LogP contribution in [0.3, 0.4) is 0 Å². The van der Waals surface area contributed by atoms with E-state index in [2.05, 4.69) is 40.4 Å². The standard InChI is InChI=1S/C27H38O4Si/c1-8-15-23(30-26(29)22-18-13-10-14-19-22)20(2)25(31-32(6,7)27(3,4)5)24(28)21-16-11-9-12-17-21/h8-14,16-20,23-25,28H,1,15H2,2-7H3/t20-,23-,24+,25+/m0/s1. The van der Waals surface area contributed by atoms with Gasteiger partial charge in [0, 0.05) is 12.3 Å². The minimum absolute atomic E-state index is 0.0317. The summed E-state index contributed by atoms with van der Waals surface area (Å²) < 4.78 is 12.7. The molecule has 0 amide bonds. The van der Waals surface area contributed by atoms with Crippen LogP contribution in [0.1, 0.15) is 56.1 Å². The number of carbonyl (C=O) groups excluding carboxylic acids is 1. The largest absolute Gasteiger partial charge is 0.458 e. The van der Waals surface area contributed by atoms with Gasteiger partial charge in [-0.05, 0) is 35.8 Å². The molecule has 0 radical (unpaired) electrons. The molecule has 0 unspecified atom stereocenters. The van der Waals surface area contributed by atoms with E-state index in [4.69, 9.17) is 9.16 Å². The Morgan fingerprint density at radius 3 is 2.09 bits per heavy atom. The Kier molecular flexibility index (Phi) is 9.02. The second kappa shape index (κ2) is 11.1. The van der Waals surface area contributed by atoms with Crippen molar-refractivity contribution in [2.24, 2.45) is 5.92 Å². The van der Waals surface area contributed by atoms with E-state index in [1.54, 1.807) is 18.2 Å². The van der Waals surface area contributed by atoms with Crippen LogP contribution in [0.2, 0.25) is 18.1 Å². The smallest absolute Gasteiger partial charge is 0.338 e. The van der Waals surface area contributed by atoms with Gasteiger partial charge in [0.05, 0.1) is 11.7 Å². The van der Waals surface area contributed by atoms with Crippen molar-refractivity contribution in [2.75, 3.05) is 0 Å². The van der Waals surface area contributed by atoms with E-state index in [9.17, 15) is 9.90 Å². The first-order chi connectivity index (χ1) is 15.0. The molecule has 0 aliphatic heterocycles. The molecule has 0 saturated carbocycles. The molecule has 0 spiro atoms. The molecule has 0 heterocycles. The fourth-order valence-electron chi connectivity index (χ4n) is 3.34. The summed E-state index contributed by atoms with van der Waals surface area (Å²) in [4.78, 5) is 12.8.